The molecule has 1 aliphatic heterocycles. The van der Waals surface area contributed by atoms with Crippen LogP contribution in [0.2, 0.25) is 0 Å². The molecule has 0 aromatic carbocycles. The van der Waals surface area contributed by atoms with E-state index in [4.69, 9.17) is 14.2 Å². The second kappa shape index (κ2) is 50.7. The Balaban J connectivity index is 2.66. The van der Waals surface area contributed by atoms with E-state index in [0.717, 1.165) is 70.6 Å². The van der Waals surface area contributed by atoms with E-state index < -0.39 is 67.4 Å². The summed E-state index contributed by atoms with van der Waals surface area (Å²) in [4.78, 5) is 26.5. The van der Waals surface area contributed by atoms with Crippen LogP contribution in [0.1, 0.15) is 284 Å². The number of hydrogen-bond donors (Lipinski definition) is 6. The van der Waals surface area contributed by atoms with Crippen molar-refractivity contribution in [2.24, 2.45) is 0 Å². The Kier molecular flexibility index (Phi) is 47.8. The zero-order valence-corrected chi connectivity index (χ0v) is 47.3. The normalized spacial score (nSPS) is 19.6. The van der Waals surface area contributed by atoms with E-state index in [0.29, 0.717) is 12.8 Å². The number of allylic oxidation sites excluding steroid dienone is 5. The molecule has 0 aromatic heterocycles. The SMILES string of the molecule is CCCCCC/C=C\CCCCCCCCC(O)C(=O)NC(COC1OC(CO)C(O)C(O)C1OC(=O)CCCCCCCCCCC/C=C/CCCCCCCC)C(O)/C=C/CCCCCCCCCCC. The zero-order valence-electron chi connectivity index (χ0n) is 47.3. The van der Waals surface area contributed by atoms with Crippen LogP contribution in [0.5, 0.6) is 0 Å². The van der Waals surface area contributed by atoms with Crippen molar-refractivity contribution < 1.29 is 49.3 Å². The quantitative estimate of drug-likeness (QED) is 0.0195. The number of unbranched alkanes of at least 4 members (excludes halogenated alkanes) is 34. The van der Waals surface area contributed by atoms with Crippen molar-refractivity contribution in [2.75, 3.05) is 13.2 Å². The van der Waals surface area contributed by atoms with Gasteiger partial charge in [-0.2, -0.15) is 0 Å². The van der Waals surface area contributed by atoms with Gasteiger partial charge in [0.25, 0.3) is 0 Å². The highest BCUT2D eigenvalue weighted by atomic mass is 16.7. The molecule has 0 aromatic rings. The Morgan fingerprint density at radius 2 is 0.904 bits per heavy atom. The highest BCUT2D eigenvalue weighted by Crippen LogP contribution is 2.26. The molecule has 1 saturated heterocycles. The Hall–Kier alpha value is -2.12. The van der Waals surface area contributed by atoms with Crippen molar-refractivity contribution in [3.8, 4) is 0 Å². The number of nitrogens with one attached hydrogen (secondary N) is 1. The first-order valence-corrected chi connectivity index (χ1v) is 30.8. The molecule has 1 amide bonds. The van der Waals surface area contributed by atoms with Crippen LogP contribution in [0.25, 0.3) is 0 Å². The van der Waals surface area contributed by atoms with Crippen LogP contribution in [0, 0.1) is 0 Å². The summed E-state index contributed by atoms with van der Waals surface area (Å²) in [5.41, 5.74) is 0. The summed E-state index contributed by atoms with van der Waals surface area (Å²) in [6.45, 7) is 5.77. The minimum absolute atomic E-state index is 0.123. The van der Waals surface area contributed by atoms with Crippen LogP contribution in [0.3, 0.4) is 0 Å². The third-order valence-electron chi connectivity index (χ3n) is 14.5. The number of carbonyl (C=O) groups excluding carboxylic acids is 2. The predicted molar refractivity (Wildman–Crippen MR) is 301 cm³/mol. The number of aliphatic hydroxyl groups excluding tert-OH is 5. The summed E-state index contributed by atoms with van der Waals surface area (Å²) in [7, 11) is 0. The van der Waals surface area contributed by atoms with Crippen molar-refractivity contribution in [3.05, 3.63) is 36.5 Å². The van der Waals surface area contributed by atoms with Crippen molar-refractivity contribution in [2.45, 2.75) is 333 Å². The van der Waals surface area contributed by atoms with Gasteiger partial charge in [-0.15, -0.1) is 0 Å². The van der Waals surface area contributed by atoms with E-state index in [1.807, 2.05) is 6.08 Å². The molecule has 8 atom stereocenters. The van der Waals surface area contributed by atoms with E-state index in [9.17, 15) is 35.1 Å². The van der Waals surface area contributed by atoms with Gasteiger partial charge in [0.15, 0.2) is 12.4 Å². The number of hydrogen-bond acceptors (Lipinski definition) is 10. The molecule has 0 aliphatic carbocycles. The summed E-state index contributed by atoms with van der Waals surface area (Å²) >= 11 is 0. The molecule has 8 unspecified atom stereocenters. The molecular formula is C62H115NO10. The Morgan fingerprint density at radius 1 is 0.521 bits per heavy atom. The fourth-order valence-electron chi connectivity index (χ4n) is 9.58. The summed E-state index contributed by atoms with van der Waals surface area (Å²) < 4.78 is 17.6. The van der Waals surface area contributed by atoms with Crippen LogP contribution in [-0.2, 0) is 23.8 Å². The highest BCUT2D eigenvalue weighted by Gasteiger charge is 2.47. The standard InChI is InChI=1S/C62H115NO10/c1-4-7-10-13-16-19-22-24-26-27-28-29-30-32-35-38-41-44-47-50-57(67)73-60-59(69)58(68)56(51-64)72-62(60)71-52-53(54(65)48-45-42-39-36-33-21-18-15-12-9-6-3)63-61(70)55(66)49-46-43-40-37-34-31-25-23-20-17-14-11-8-5-2/h20,23-24,26,45,48,53-56,58-60,62,64-66,68-69H,4-19,21-22,25,27-44,46-47,49-52H2,1-3H3,(H,63,70)/b23-20-,26-24+,48-45+. The van der Waals surface area contributed by atoms with Gasteiger partial charge in [-0.3, -0.25) is 9.59 Å². The lowest BCUT2D eigenvalue weighted by Crippen LogP contribution is -2.61. The first-order chi connectivity index (χ1) is 35.7. The molecule has 0 spiro atoms. The van der Waals surface area contributed by atoms with Gasteiger partial charge in [-0.25, -0.2) is 0 Å². The monoisotopic (exact) mass is 1030 g/mol. The fraction of sp³-hybridized carbons (Fsp3) is 0.871. The van der Waals surface area contributed by atoms with Crippen LogP contribution < -0.4 is 5.32 Å². The summed E-state index contributed by atoms with van der Waals surface area (Å²) in [6, 6.07) is -1.02. The molecule has 1 aliphatic rings. The lowest BCUT2D eigenvalue weighted by molar-refractivity contribution is -0.305. The predicted octanol–water partition coefficient (Wildman–Crippen LogP) is 14.3. The number of ether oxygens (including phenoxy) is 3. The van der Waals surface area contributed by atoms with E-state index in [1.165, 1.54) is 167 Å². The molecule has 1 fully saturated rings. The van der Waals surface area contributed by atoms with Gasteiger partial charge < -0.3 is 45.1 Å². The second-order valence-corrected chi connectivity index (χ2v) is 21.4. The number of amides is 1. The van der Waals surface area contributed by atoms with Gasteiger partial charge in [0.2, 0.25) is 5.91 Å². The molecule has 11 nitrogen and oxygen atoms in total. The van der Waals surface area contributed by atoms with E-state index in [1.54, 1.807) is 6.08 Å². The van der Waals surface area contributed by atoms with Crippen molar-refractivity contribution >= 4 is 11.9 Å². The Morgan fingerprint density at radius 3 is 1.34 bits per heavy atom. The van der Waals surface area contributed by atoms with Crippen LogP contribution >= 0.6 is 0 Å². The number of esters is 1. The largest absolute Gasteiger partial charge is 0.454 e. The number of carbonyl (C=O) groups is 2. The maximum Gasteiger partial charge on any atom is 0.306 e. The average Bonchev–Trinajstić information content (AvgIpc) is 3.39. The third-order valence-corrected chi connectivity index (χ3v) is 14.5. The van der Waals surface area contributed by atoms with Gasteiger partial charge in [0.1, 0.15) is 24.4 Å². The zero-order chi connectivity index (χ0) is 53.3. The maximum atomic E-state index is 13.4. The van der Waals surface area contributed by atoms with Gasteiger partial charge in [0, 0.05) is 6.42 Å². The molecule has 1 rings (SSSR count). The van der Waals surface area contributed by atoms with Crippen molar-refractivity contribution in [3.63, 3.8) is 0 Å². The molecule has 0 radical (unpaired) electrons. The summed E-state index contributed by atoms with van der Waals surface area (Å²) in [5, 5.41) is 56.9. The van der Waals surface area contributed by atoms with E-state index >= 15 is 0 Å². The maximum absolute atomic E-state index is 13.4. The van der Waals surface area contributed by atoms with Gasteiger partial charge in [-0.1, -0.05) is 237 Å². The van der Waals surface area contributed by atoms with Gasteiger partial charge in [-0.05, 0) is 77.0 Å². The Labute approximate surface area is 447 Å². The van der Waals surface area contributed by atoms with E-state index in [2.05, 4.69) is 50.4 Å². The molecule has 73 heavy (non-hydrogen) atoms. The molecule has 1 heterocycles. The molecule has 0 bridgehead atoms. The molecule has 0 saturated carbocycles. The minimum Gasteiger partial charge on any atom is -0.454 e. The number of aliphatic hydroxyl groups is 5. The van der Waals surface area contributed by atoms with Crippen LogP contribution in [-0.4, -0.2) is 99.6 Å². The highest BCUT2D eigenvalue weighted by molar-refractivity contribution is 5.80. The van der Waals surface area contributed by atoms with Crippen molar-refractivity contribution in [1.82, 2.24) is 5.32 Å². The van der Waals surface area contributed by atoms with Crippen LogP contribution in [0.4, 0.5) is 0 Å². The van der Waals surface area contributed by atoms with E-state index in [-0.39, 0.29) is 19.4 Å². The average molecular weight is 1030 g/mol. The smallest absolute Gasteiger partial charge is 0.306 e. The van der Waals surface area contributed by atoms with Crippen molar-refractivity contribution in [1.29, 1.82) is 0 Å². The molecule has 428 valence electrons. The Bertz CT molecular complexity index is 1330. The fourth-order valence-corrected chi connectivity index (χ4v) is 9.58. The first kappa shape index (κ1) is 68.9. The molecular weight excluding hydrogens is 919 g/mol. The molecule has 6 N–H and O–H groups in total. The van der Waals surface area contributed by atoms with Crippen LogP contribution in [0.15, 0.2) is 36.5 Å². The topological polar surface area (TPSA) is 175 Å². The lowest BCUT2D eigenvalue weighted by Gasteiger charge is -2.41. The number of rotatable bonds is 52. The lowest BCUT2D eigenvalue weighted by atomic mass is 9.99. The second-order valence-electron chi connectivity index (χ2n) is 21.4. The summed E-state index contributed by atoms with van der Waals surface area (Å²) in [5.74, 6) is -1.19. The summed E-state index contributed by atoms with van der Waals surface area (Å²) in [6.07, 6.45) is 49.0. The van der Waals surface area contributed by atoms with Gasteiger partial charge >= 0.3 is 5.97 Å². The van der Waals surface area contributed by atoms with Gasteiger partial charge in [0.05, 0.1) is 25.4 Å². The third kappa shape index (κ3) is 39.0. The molecule has 11 heteroatoms. The first-order valence-electron chi connectivity index (χ1n) is 30.8. The minimum atomic E-state index is -1.61.